The highest BCUT2D eigenvalue weighted by Gasteiger charge is 2.60. The van der Waals surface area contributed by atoms with E-state index in [2.05, 4.69) is 31.4 Å². The normalized spacial score (nSPS) is 33.3. The quantitative estimate of drug-likeness (QED) is 0.664. The van der Waals surface area contributed by atoms with Crippen LogP contribution in [0.15, 0.2) is 0 Å². The maximum Gasteiger partial charge on any atom is 0.275 e. The predicted octanol–water partition coefficient (Wildman–Crippen LogP) is 1.31. The number of quaternary nitrogens is 1. The Bertz CT molecular complexity index is 370. The molecule has 0 saturated heterocycles. The summed E-state index contributed by atoms with van der Waals surface area (Å²) in [6, 6.07) is 0. The Morgan fingerprint density at radius 3 is 2.62 bits per heavy atom. The summed E-state index contributed by atoms with van der Waals surface area (Å²) >= 11 is 0. The van der Waals surface area contributed by atoms with Crippen LogP contribution in [0.5, 0.6) is 0 Å². The first-order valence-electron chi connectivity index (χ1n) is 8.62. The third-order valence-corrected chi connectivity index (χ3v) is 6.24. The minimum Gasteiger partial charge on any atom is -0.382 e. The van der Waals surface area contributed by atoms with Crippen molar-refractivity contribution in [1.82, 2.24) is 5.32 Å². The van der Waals surface area contributed by atoms with Crippen molar-refractivity contribution in [3.63, 3.8) is 0 Å². The summed E-state index contributed by atoms with van der Waals surface area (Å²) in [7, 11) is 0. The van der Waals surface area contributed by atoms with E-state index in [1.807, 2.05) is 6.92 Å². The Labute approximate surface area is 129 Å². The van der Waals surface area contributed by atoms with Gasteiger partial charge < -0.3 is 15.4 Å². The summed E-state index contributed by atoms with van der Waals surface area (Å²) in [4.78, 5) is 12.3. The van der Waals surface area contributed by atoms with Crippen molar-refractivity contribution in [1.29, 1.82) is 0 Å². The molecule has 0 spiro atoms. The second kappa shape index (κ2) is 6.66. The van der Waals surface area contributed by atoms with Crippen molar-refractivity contribution < 1.29 is 14.8 Å². The first kappa shape index (κ1) is 16.8. The molecule has 0 aromatic heterocycles. The smallest absolute Gasteiger partial charge is 0.275 e. The summed E-state index contributed by atoms with van der Waals surface area (Å²) in [5, 5.41) is 5.47. The van der Waals surface area contributed by atoms with Crippen LogP contribution >= 0.6 is 0 Å². The number of ether oxygens (including phenoxy) is 1. The van der Waals surface area contributed by atoms with Gasteiger partial charge in [0.05, 0.1) is 13.2 Å². The summed E-state index contributed by atoms with van der Waals surface area (Å²) in [5.41, 5.74) is 0.201. The fourth-order valence-corrected chi connectivity index (χ4v) is 4.42. The van der Waals surface area contributed by atoms with Gasteiger partial charge in [0, 0.05) is 18.6 Å². The molecule has 2 aliphatic rings. The molecule has 2 rings (SSSR count). The summed E-state index contributed by atoms with van der Waals surface area (Å²) in [5.74, 6) is 1.64. The van der Waals surface area contributed by atoms with Crippen molar-refractivity contribution in [3.05, 3.63) is 0 Å². The van der Waals surface area contributed by atoms with Crippen molar-refractivity contribution in [3.8, 4) is 0 Å². The number of nitrogens with two attached hydrogens (primary N) is 1. The molecule has 4 heteroatoms. The van der Waals surface area contributed by atoms with E-state index in [0.29, 0.717) is 12.5 Å². The van der Waals surface area contributed by atoms with Gasteiger partial charge >= 0.3 is 0 Å². The standard InChI is InChI=1S/C17H32N2O2/c1-5-21-10-6-9-18-12-15(20)19-17(4)14-8-7-13(11-14)16(17,2)3/h13-14,18H,5-12H2,1-4H3,(H,19,20)/p+1/t13-,14-,17-/m0/s1. The van der Waals surface area contributed by atoms with Crippen LogP contribution in [-0.2, 0) is 9.53 Å². The number of nitrogens with one attached hydrogen (secondary N) is 1. The van der Waals surface area contributed by atoms with Gasteiger partial charge in [-0.1, -0.05) is 13.8 Å². The average molecular weight is 297 g/mol. The van der Waals surface area contributed by atoms with Crippen LogP contribution in [0.3, 0.4) is 0 Å². The van der Waals surface area contributed by atoms with Crippen LogP contribution in [-0.4, -0.2) is 37.7 Å². The van der Waals surface area contributed by atoms with E-state index in [9.17, 15) is 4.79 Å². The zero-order chi connectivity index (χ0) is 15.5. The second-order valence-corrected chi connectivity index (χ2v) is 7.51. The molecule has 122 valence electrons. The molecular weight excluding hydrogens is 264 g/mol. The molecule has 3 N–H and O–H groups in total. The van der Waals surface area contributed by atoms with Crippen LogP contribution in [0, 0.1) is 17.3 Å². The van der Waals surface area contributed by atoms with E-state index in [0.717, 1.165) is 32.1 Å². The largest absolute Gasteiger partial charge is 0.382 e. The summed E-state index contributed by atoms with van der Waals surface area (Å²) in [6.07, 6.45) is 4.92. The van der Waals surface area contributed by atoms with E-state index >= 15 is 0 Å². The molecule has 1 amide bonds. The van der Waals surface area contributed by atoms with Crippen LogP contribution in [0.1, 0.15) is 53.4 Å². The van der Waals surface area contributed by atoms with Gasteiger partial charge in [0.25, 0.3) is 5.91 Å². The van der Waals surface area contributed by atoms with Gasteiger partial charge in [0.15, 0.2) is 6.54 Å². The summed E-state index contributed by atoms with van der Waals surface area (Å²) < 4.78 is 5.30. The molecule has 0 aromatic rings. The van der Waals surface area contributed by atoms with Gasteiger partial charge in [0.1, 0.15) is 0 Å². The number of carbonyl (C=O) groups is 1. The molecule has 21 heavy (non-hydrogen) atoms. The zero-order valence-corrected chi connectivity index (χ0v) is 14.2. The SMILES string of the molecule is CCOCCC[NH2+]CC(=O)N[C@@]1(C)[C@H]2CC[C@@H](C2)C1(C)C. The number of fused-ring (bicyclic) bond motifs is 2. The minimum atomic E-state index is -0.0217. The topological polar surface area (TPSA) is 54.9 Å². The molecule has 2 aliphatic carbocycles. The van der Waals surface area contributed by atoms with Gasteiger partial charge in [-0.15, -0.1) is 0 Å². The van der Waals surface area contributed by atoms with Crippen LogP contribution in [0.2, 0.25) is 0 Å². The lowest BCUT2D eigenvalue weighted by molar-refractivity contribution is -0.644. The Morgan fingerprint density at radius 1 is 1.29 bits per heavy atom. The van der Waals surface area contributed by atoms with Crippen molar-refractivity contribution >= 4 is 5.91 Å². The highest BCUT2D eigenvalue weighted by molar-refractivity contribution is 5.77. The minimum absolute atomic E-state index is 0.0217. The van der Waals surface area contributed by atoms with Gasteiger partial charge in [-0.05, 0) is 50.4 Å². The van der Waals surface area contributed by atoms with Crippen LogP contribution in [0.25, 0.3) is 0 Å². The lowest BCUT2D eigenvalue weighted by Crippen LogP contribution is -2.87. The molecule has 2 fully saturated rings. The van der Waals surface area contributed by atoms with Gasteiger partial charge in [-0.3, -0.25) is 4.79 Å². The molecular formula is C17H33N2O2+. The highest BCUT2D eigenvalue weighted by atomic mass is 16.5. The monoisotopic (exact) mass is 297 g/mol. The van der Waals surface area contributed by atoms with Crippen molar-refractivity contribution in [2.24, 2.45) is 17.3 Å². The number of rotatable bonds is 8. The summed E-state index contributed by atoms with van der Waals surface area (Å²) in [6.45, 7) is 12.0. The van der Waals surface area contributed by atoms with Crippen molar-refractivity contribution in [2.75, 3.05) is 26.3 Å². The first-order valence-corrected chi connectivity index (χ1v) is 8.62. The average Bonchev–Trinajstić information content (AvgIpc) is 2.97. The molecule has 0 unspecified atom stereocenters. The third kappa shape index (κ3) is 3.26. The Kier molecular flexibility index (Phi) is 5.31. The first-order chi connectivity index (χ1) is 9.91. The zero-order valence-electron chi connectivity index (χ0n) is 14.2. The molecule has 3 atom stereocenters. The van der Waals surface area contributed by atoms with Gasteiger partial charge in [-0.2, -0.15) is 0 Å². The predicted molar refractivity (Wildman–Crippen MR) is 83.9 cm³/mol. The number of hydrogen-bond acceptors (Lipinski definition) is 2. The highest BCUT2D eigenvalue weighted by Crippen LogP contribution is 2.61. The fourth-order valence-electron chi connectivity index (χ4n) is 4.42. The maximum absolute atomic E-state index is 12.3. The Morgan fingerprint density at radius 2 is 2.00 bits per heavy atom. The molecule has 0 radical (unpaired) electrons. The Hall–Kier alpha value is -0.610. The molecule has 4 nitrogen and oxygen atoms in total. The molecule has 2 bridgehead atoms. The van der Waals surface area contributed by atoms with Gasteiger partial charge in [0.2, 0.25) is 0 Å². The van der Waals surface area contributed by atoms with E-state index in [4.69, 9.17) is 4.74 Å². The number of hydrogen-bond donors (Lipinski definition) is 2. The fraction of sp³-hybridized carbons (Fsp3) is 0.941. The van der Waals surface area contributed by atoms with E-state index < -0.39 is 0 Å². The van der Waals surface area contributed by atoms with E-state index in [1.165, 1.54) is 19.3 Å². The maximum atomic E-state index is 12.3. The number of carbonyl (C=O) groups excluding carboxylic acids is 1. The van der Waals surface area contributed by atoms with E-state index in [-0.39, 0.29) is 16.9 Å². The molecule has 0 heterocycles. The molecule has 0 aliphatic heterocycles. The van der Waals surface area contributed by atoms with Crippen LogP contribution in [0.4, 0.5) is 0 Å². The van der Waals surface area contributed by atoms with Gasteiger partial charge in [-0.25, -0.2) is 0 Å². The third-order valence-electron chi connectivity index (χ3n) is 6.24. The Balaban J connectivity index is 1.75. The molecule has 0 aromatic carbocycles. The lowest BCUT2D eigenvalue weighted by atomic mass is 9.64. The van der Waals surface area contributed by atoms with Crippen LogP contribution < -0.4 is 10.6 Å². The van der Waals surface area contributed by atoms with Crippen molar-refractivity contribution in [2.45, 2.75) is 58.9 Å². The molecule has 2 saturated carbocycles. The van der Waals surface area contributed by atoms with E-state index in [1.54, 1.807) is 0 Å². The lowest BCUT2D eigenvalue weighted by Gasteiger charge is -2.48. The number of amides is 1. The second-order valence-electron chi connectivity index (χ2n) is 7.51.